The molecule has 2 saturated heterocycles. The highest BCUT2D eigenvalue weighted by molar-refractivity contribution is 7.88. The van der Waals surface area contributed by atoms with Gasteiger partial charge < -0.3 is 15.5 Å². The van der Waals surface area contributed by atoms with Crippen LogP contribution in [0.2, 0.25) is 0 Å². The molecule has 1 atom stereocenters. The van der Waals surface area contributed by atoms with Crippen LogP contribution < -0.4 is 15.5 Å². The number of piperidine rings is 1. The molecule has 2 N–H and O–H groups in total. The Balaban J connectivity index is 1.34. The fraction of sp³-hybridized carbons (Fsp3) is 0.632. The smallest absolute Gasteiger partial charge is 0.314 e. The molecule has 3 rings (SSSR count). The maximum atomic E-state index is 13.4. The Morgan fingerprint density at radius 3 is 2.28 bits per heavy atom. The van der Waals surface area contributed by atoms with Crippen molar-refractivity contribution < 1.29 is 22.0 Å². The van der Waals surface area contributed by atoms with Crippen molar-refractivity contribution in [3.8, 4) is 0 Å². The van der Waals surface area contributed by atoms with Gasteiger partial charge in [0.15, 0.2) is 11.6 Å². The van der Waals surface area contributed by atoms with Gasteiger partial charge in [-0.3, -0.25) is 0 Å². The van der Waals surface area contributed by atoms with Gasteiger partial charge in [0.25, 0.3) is 0 Å². The molecule has 162 valence electrons. The van der Waals surface area contributed by atoms with Crippen molar-refractivity contribution in [3.63, 3.8) is 0 Å². The lowest BCUT2D eigenvalue weighted by Gasteiger charge is -2.30. The standard InChI is InChI=1S/C19H28F2N4O3S/c1-29(27,28)25-8-5-14(6-9-25)11-22-19(26)23-12-15-4-7-24(13-15)16-2-3-17(20)18(21)10-16/h2-3,10,14-15H,4-9,11-13H2,1H3,(H2,22,23,26). The zero-order valence-electron chi connectivity index (χ0n) is 16.5. The number of hydrogen-bond acceptors (Lipinski definition) is 4. The zero-order chi connectivity index (χ0) is 21.0. The molecule has 2 fully saturated rings. The average Bonchev–Trinajstić information content (AvgIpc) is 3.15. The molecule has 10 heteroatoms. The molecule has 2 aliphatic rings. The van der Waals surface area contributed by atoms with Crippen LogP contribution in [0.15, 0.2) is 18.2 Å². The first-order valence-electron chi connectivity index (χ1n) is 9.89. The van der Waals surface area contributed by atoms with Crippen molar-refractivity contribution in [2.75, 3.05) is 50.4 Å². The van der Waals surface area contributed by atoms with Gasteiger partial charge in [0.05, 0.1) is 6.26 Å². The first kappa shape index (κ1) is 21.8. The Kier molecular flexibility index (Phi) is 6.94. The molecule has 1 aromatic carbocycles. The van der Waals surface area contributed by atoms with Crippen LogP contribution in [0.1, 0.15) is 19.3 Å². The maximum Gasteiger partial charge on any atom is 0.314 e. The van der Waals surface area contributed by atoms with Crippen molar-refractivity contribution in [2.45, 2.75) is 19.3 Å². The molecule has 7 nitrogen and oxygen atoms in total. The molecule has 0 saturated carbocycles. The minimum Gasteiger partial charge on any atom is -0.371 e. The SMILES string of the molecule is CS(=O)(=O)N1CCC(CNC(=O)NCC2CCN(c3ccc(F)c(F)c3)C2)CC1. The van der Waals surface area contributed by atoms with Crippen molar-refractivity contribution in [1.29, 1.82) is 0 Å². The molecule has 0 radical (unpaired) electrons. The van der Waals surface area contributed by atoms with Gasteiger partial charge in [0, 0.05) is 51.0 Å². The van der Waals surface area contributed by atoms with Crippen LogP contribution in [-0.4, -0.2) is 64.3 Å². The topological polar surface area (TPSA) is 81.8 Å². The van der Waals surface area contributed by atoms with E-state index in [1.807, 2.05) is 4.90 Å². The lowest BCUT2D eigenvalue weighted by molar-refractivity contribution is 0.230. The van der Waals surface area contributed by atoms with E-state index in [-0.39, 0.29) is 17.9 Å². The molecule has 1 aromatic rings. The molecule has 0 spiro atoms. The van der Waals surface area contributed by atoms with Crippen LogP contribution in [-0.2, 0) is 10.0 Å². The fourth-order valence-electron chi connectivity index (χ4n) is 3.90. The summed E-state index contributed by atoms with van der Waals surface area (Å²) in [6, 6.07) is 3.66. The number of sulfonamides is 1. The summed E-state index contributed by atoms with van der Waals surface area (Å²) in [5.41, 5.74) is 0.649. The number of carbonyl (C=O) groups excluding carboxylic acids is 1. The molecule has 1 unspecified atom stereocenters. The molecule has 29 heavy (non-hydrogen) atoms. The van der Waals surface area contributed by atoms with Gasteiger partial charge in [-0.15, -0.1) is 0 Å². The predicted octanol–water partition coefficient (Wildman–Crippen LogP) is 1.76. The average molecular weight is 431 g/mol. The summed E-state index contributed by atoms with van der Waals surface area (Å²) in [4.78, 5) is 14.1. The second-order valence-electron chi connectivity index (χ2n) is 7.90. The number of hydrogen-bond donors (Lipinski definition) is 2. The van der Waals surface area contributed by atoms with Gasteiger partial charge >= 0.3 is 6.03 Å². The second kappa shape index (κ2) is 9.25. The summed E-state index contributed by atoms with van der Waals surface area (Å²) >= 11 is 0. The molecular weight excluding hydrogens is 402 g/mol. The number of rotatable bonds is 6. The van der Waals surface area contributed by atoms with E-state index in [0.29, 0.717) is 38.4 Å². The lowest BCUT2D eigenvalue weighted by Crippen LogP contribution is -2.44. The molecule has 2 aliphatic heterocycles. The first-order valence-corrected chi connectivity index (χ1v) is 11.7. The number of carbonyl (C=O) groups is 1. The third-order valence-corrected chi connectivity index (χ3v) is 7.00. The van der Waals surface area contributed by atoms with Crippen LogP contribution in [0.5, 0.6) is 0 Å². The van der Waals surface area contributed by atoms with Crippen LogP contribution in [0.3, 0.4) is 0 Å². The van der Waals surface area contributed by atoms with E-state index in [0.717, 1.165) is 31.9 Å². The number of amides is 2. The van der Waals surface area contributed by atoms with Crippen LogP contribution in [0.4, 0.5) is 19.3 Å². The Hall–Kier alpha value is -1.94. The predicted molar refractivity (Wildman–Crippen MR) is 107 cm³/mol. The molecule has 0 bridgehead atoms. The number of urea groups is 1. The highest BCUT2D eigenvalue weighted by Crippen LogP contribution is 2.25. The Labute approximate surface area is 170 Å². The van der Waals surface area contributed by atoms with Gasteiger partial charge in [0.1, 0.15) is 0 Å². The van der Waals surface area contributed by atoms with Crippen LogP contribution in [0.25, 0.3) is 0 Å². The second-order valence-corrected chi connectivity index (χ2v) is 9.88. The quantitative estimate of drug-likeness (QED) is 0.721. The summed E-state index contributed by atoms with van der Waals surface area (Å²) in [6.07, 6.45) is 3.55. The minimum atomic E-state index is -3.14. The van der Waals surface area contributed by atoms with Gasteiger partial charge in [-0.2, -0.15) is 0 Å². The Morgan fingerprint density at radius 1 is 1.03 bits per heavy atom. The van der Waals surface area contributed by atoms with Crippen molar-refractivity contribution in [3.05, 3.63) is 29.8 Å². The molecular formula is C19H28F2N4O3S. The summed E-state index contributed by atoms with van der Waals surface area (Å²) in [7, 11) is -3.14. The van der Waals surface area contributed by atoms with E-state index < -0.39 is 21.7 Å². The van der Waals surface area contributed by atoms with Crippen molar-refractivity contribution in [1.82, 2.24) is 14.9 Å². The summed E-state index contributed by atoms with van der Waals surface area (Å²) in [6.45, 7) is 3.43. The Morgan fingerprint density at radius 2 is 1.66 bits per heavy atom. The monoisotopic (exact) mass is 430 g/mol. The minimum absolute atomic E-state index is 0.234. The fourth-order valence-corrected chi connectivity index (χ4v) is 4.77. The van der Waals surface area contributed by atoms with Crippen LogP contribution >= 0.6 is 0 Å². The van der Waals surface area contributed by atoms with Crippen molar-refractivity contribution >= 4 is 21.7 Å². The van der Waals surface area contributed by atoms with Crippen LogP contribution in [0, 0.1) is 23.5 Å². The zero-order valence-corrected chi connectivity index (χ0v) is 17.4. The summed E-state index contributed by atoms with van der Waals surface area (Å²) < 4.78 is 51.0. The maximum absolute atomic E-state index is 13.4. The van der Waals surface area contributed by atoms with Gasteiger partial charge in [-0.25, -0.2) is 26.3 Å². The van der Waals surface area contributed by atoms with E-state index in [1.54, 1.807) is 6.07 Å². The number of benzene rings is 1. The molecule has 0 aromatic heterocycles. The number of nitrogens with one attached hydrogen (secondary N) is 2. The largest absolute Gasteiger partial charge is 0.371 e. The van der Waals surface area contributed by atoms with Gasteiger partial charge in [-0.05, 0) is 43.2 Å². The van der Waals surface area contributed by atoms with E-state index in [1.165, 1.54) is 16.6 Å². The number of anilines is 1. The highest BCUT2D eigenvalue weighted by atomic mass is 32.2. The number of halogens is 2. The normalized spacial score (nSPS) is 21.3. The van der Waals surface area contributed by atoms with E-state index in [9.17, 15) is 22.0 Å². The van der Waals surface area contributed by atoms with E-state index in [4.69, 9.17) is 0 Å². The lowest BCUT2D eigenvalue weighted by atomic mass is 9.98. The third kappa shape index (κ3) is 6.02. The molecule has 2 heterocycles. The molecule has 2 amide bonds. The first-order chi connectivity index (χ1) is 13.7. The summed E-state index contributed by atoms with van der Waals surface area (Å²) in [5.74, 6) is -1.20. The van der Waals surface area contributed by atoms with Gasteiger partial charge in [0.2, 0.25) is 10.0 Å². The van der Waals surface area contributed by atoms with Gasteiger partial charge in [-0.1, -0.05) is 0 Å². The highest BCUT2D eigenvalue weighted by Gasteiger charge is 2.26. The van der Waals surface area contributed by atoms with Crippen molar-refractivity contribution in [2.24, 2.45) is 11.8 Å². The van der Waals surface area contributed by atoms with E-state index >= 15 is 0 Å². The summed E-state index contributed by atoms with van der Waals surface area (Å²) in [5, 5.41) is 5.74. The molecule has 0 aliphatic carbocycles. The van der Waals surface area contributed by atoms with E-state index in [2.05, 4.69) is 10.6 Å². The number of nitrogens with zero attached hydrogens (tertiary/aromatic N) is 2. The third-order valence-electron chi connectivity index (χ3n) is 5.70. The Bertz CT molecular complexity index is 829.